The van der Waals surface area contributed by atoms with Gasteiger partial charge in [0.05, 0.1) is 24.3 Å². The summed E-state index contributed by atoms with van der Waals surface area (Å²) in [5.74, 6) is 0. The second-order valence-corrected chi connectivity index (χ2v) is 4.84. The molecule has 0 amide bonds. The molecule has 1 atom stereocenters. The average Bonchev–Trinajstić information content (AvgIpc) is 2.71. The van der Waals surface area contributed by atoms with Crippen molar-refractivity contribution in [1.29, 1.82) is 0 Å². The van der Waals surface area contributed by atoms with Gasteiger partial charge in [-0.25, -0.2) is 4.98 Å². The number of imidazole rings is 1. The lowest BCUT2D eigenvalue weighted by molar-refractivity contribution is 0.593. The predicted octanol–water partition coefficient (Wildman–Crippen LogP) is 2.74. The SMILES string of the molecule is CCNC(c1cc(C)cc(C)c1)c1cncn1C. The van der Waals surface area contributed by atoms with Crippen molar-refractivity contribution in [2.45, 2.75) is 26.8 Å². The zero-order chi connectivity index (χ0) is 13.1. The van der Waals surface area contributed by atoms with E-state index in [0.29, 0.717) is 0 Å². The van der Waals surface area contributed by atoms with Gasteiger partial charge in [0.2, 0.25) is 0 Å². The van der Waals surface area contributed by atoms with Crippen LogP contribution in [0.5, 0.6) is 0 Å². The summed E-state index contributed by atoms with van der Waals surface area (Å²) in [6, 6.07) is 6.90. The third kappa shape index (κ3) is 2.62. The fraction of sp³-hybridized carbons (Fsp3) is 0.400. The molecule has 0 aliphatic heterocycles. The van der Waals surface area contributed by atoms with Crippen LogP contribution in [0.3, 0.4) is 0 Å². The predicted molar refractivity (Wildman–Crippen MR) is 74.6 cm³/mol. The van der Waals surface area contributed by atoms with Crippen LogP contribution in [-0.2, 0) is 7.05 Å². The molecular formula is C15H21N3. The molecule has 3 heteroatoms. The average molecular weight is 243 g/mol. The molecule has 2 aromatic rings. The molecule has 1 heterocycles. The maximum atomic E-state index is 4.22. The van der Waals surface area contributed by atoms with E-state index in [1.165, 1.54) is 22.4 Å². The molecule has 1 aromatic carbocycles. The molecule has 0 radical (unpaired) electrons. The van der Waals surface area contributed by atoms with Crippen molar-refractivity contribution in [3.05, 3.63) is 53.1 Å². The minimum atomic E-state index is 0.209. The van der Waals surface area contributed by atoms with Gasteiger partial charge in [-0.3, -0.25) is 0 Å². The summed E-state index contributed by atoms with van der Waals surface area (Å²) in [5, 5.41) is 3.54. The highest BCUT2D eigenvalue weighted by atomic mass is 15.1. The quantitative estimate of drug-likeness (QED) is 0.895. The van der Waals surface area contributed by atoms with Crippen LogP contribution in [0.15, 0.2) is 30.7 Å². The molecule has 0 saturated heterocycles. The Bertz CT molecular complexity index is 508. The van der Waals surface area contributed by atoms with E-state index in [-0.39, 0.29) is 6.04 Å². The standard InChI is InChI=1S/C15H21N3/c1-5-17-15(14-9-16-10-18(14)4)13-7-11(2)6-12(3)8-13/h6-10,15,17H,5H2,1-4H3. The molecule has 2 rings (SSSR count). The topological polar surface area (TPSA) is 29.9 Å². The summed E-state index contributed by atoms with van der Waals surface area (Å²) in [6.45, 7) is 7.35. The summed E-state index contributed by atoms with van der Waals surface area (Å²) >= 11 is 0. The number of hydrogen-bond acceptors (Lipinski definition) is 2. The number of benzene rings is 1. The van der Waals surface area contributed by atoms with Crippen molar-refractivity contribution in [2.24, 2.45) is 7.05 Å². The number of hydrogen-bond donors (Lipinski definition) is 1. The number of nitrogens with zero attached hydrogens (tertiary/aromatic N) is 2. The molecule has 1 N–H and O–H groups in total. The lowest BCUT2D eigenvalue weighted by Gasteiger charge is -2.20. The number of aryl methyl sites for hydroxylation is 3. The highest BCUT2D eigenvalue weighted by Gasteiger charge is 2.16. The van der Waals surface area contributed by atoms with E-state index < -0.39 is 0 Å². The first kappa shape index (κ1) is 12.8. The molecule has 1 aromatic heterocycles. The molecule has 18 heavy (non-hydrogen) atoms. The Labute approximate surface area is 109 Å². The van der Waals surface area contributed by atoms with E-state index in [0.717, 1.165) is 6.54 Å². The van der Waals surface area contributed by atoms with Gasteiger partial charge in [0.25, 0.3) is 0 Å². The van der Waals surface area contributed by atoms with Gasteiger partial charge in [0, 0.05) is 7.05 Å². The number of aromatic nitrogens is 2. The second-order valence-electron chi connectivity index (χ2n) is 4.84. The minimum absolute atomic E-state index is 0.209. The first-order chi connectivity index (χ1) is 8.61. The van der Waals surface area contributed by atoms with Crippen LogP contribution < -0.4 is 5.32 Å². The van der Waals surface area contributed by atoms with Gasteiger partial charge in [0.15, 0.2) is 0 Å². The summed E-state index contributed by atoms with van der Waals surface area (Å²) in [6.07, 6.45) is 3.79. The van der Waals surface area contributed by atoms with Gasteiger partial charge in [-0.1, -0.05) is 36.2 Å². The number of nitrogens with one attached hydrogen (secondary N) is 1. The maximum absolute atomic E-state index is 4.22. The smallest absolute Gasteiger partial charge is 0.0946 e. The van der Waals surface area contributed by atoms with Gasteiger partial charge in [-0.15, -0.1) is 0 Å². The molecule has 0 aliphatic rings. The number of rotatable bonds is 4. The molecule has 0 bridgehead atoms. The Hall–Kier alpha value is -1.61. The largest absolute Gasteiger partial charge is 0.336 e. The van der Waals surface area contributed by atoms with Crippen LogP contribution in [0.25, 0.3) is 0 Å². The van der Waals surface area contributed by atoms with Crippen molar-refractivity contribution >= 4 is 0 Å². The fourth-order valence-electron chi connectivity index (χ4n) is 2.42. The normalized spacial score (nSPS) is 12.7. The zero-order valence-electron chi connectivity index (χ0n) is 11.6. The van der Waals surface area contributed by atoms with Crippen LogP contribution in [0.2, 0.25) is 0 Å². The highest BCUT2D eigenvalue weighted by Crippen LogP contribution is 2.23. The third-order valence-corrected chi connectivity index (χ3v) is 3.14. The molecule has 0 spiro atoms. The lowest BCUT2D eigenvalue weighted by Crippen LogP contribution is -2.24. The zero-order valence-corrected chi connectivity index (χ0v) is 11.6. The highest BCUT2D eigenvalue weighted by molar-refractivity contribution is 5.34. The summed E-state index contributed by atoms with van der Waals surface area (Å²) < 4.78 is 2.07. The van der Waals surface area contributed by atoms with Crippen LogP contribution in [0.4, 0.5) is 0 Å². The summed E-state index contributed by atoms with van der Waals surface area (Å²) in [7, 11) is 2.04. The van der Waals surface area contributed by atoms with Crippen LogP contribution in [0, 0.1) is 13.8 Å². The van der Waals surface area contributed by atoms with Crippen molar-refractivity contribution in [3.8, 4) is 0 Å². The van der Waals surface area contributed by atoms with Crippen molar-refractivity contribution in [3.63, 3.8) is 0 Å². The Kier molecular flexibility index (Phi) is 3.82. The van der Waals surface area contributed by atoms with Crippen molar-refractivity contribution < 1.29 is 0 Å². The maximum Gasteiger partial charge on any atom is 0.0946 e. The van der Waals surface area contributed by atoms with Gasteiger partial charge in [-0.2, -0.15) is 0 Å². The van der Waals surface area contributed by atoms with Crippen LogP contribution in [-0.4, -0.2) is 16.1 Å². The Morgan fingerprint density at radius 3 is 2.39 bits per heavy atom. The molecule has 0 fully saturated rings. The van der Waals surface area contributed by atoms with E-state index in [9.17, 15) is 0 Å². The van der Waals surface area contributed by atoms with Crippen LogP contribution in [0.1, 0.15) is 35.3 Å². The first-order valence-electron chi connectivity index (χ1n) is 6.39. The first-order valence-corrected chi connectivity index (χ1v) is 6.39. The van der Waals surface area contributed by atoms with E-state index in [4.69, 9.17) is 0 Å². The van der Waals surface area contributed by atoms with E-state index in [2.05, 4.69) is 53.8 Å². The molecule has 3 nitrogen and oxygen atoms in total. The van der Waals surface area contributed by atoms with Crippen LogP contribution >= 0.6 is 0 Å². The monoisotopic (exact) mass is 243 g/mol. The lowest BCUT2D eigenvalue weighted by atomic mass is 9.99. The molecule has 0 saturated carbocycles. The Morgan fingerprint density at radius 2 is 1.89 bits per heavy atom. The van der Waals surface area contributed by atoms with Crippen molar-refractivity contribution in [2.75, 3.05) is 6.54 Å². The Morgan fingerprint density at radius 1 is 1.22 bits per heavy atom. The van der Waals surface area contributed by atoms with Crippen molar-refractivity contribution in [1.82, 2.24) is 14.9 Å². The minimum Gasteiger partial charge on any atom is -0.336 e. The Balaban J connectivity index is 2.44. The van der Waals surface area contributed by atoms with Gasteiger partial charge >= 0.3 is 0 Å². The summed E-state index contributed by atoms with van der Waals surface area (Å²) in [4.78, 5) is 4.22. The molecule has 0 aliphatic carbocycles. The van der Waals surface area contributed by atoms with Gasteiger partial charge < -0.3 is 9.88 Å². The molecule has 96 valence electrons. The van der Waals surface area contributed by atoms with Gasteiger partial charge in [-0.05, 0) is 26.0 Å². The summed E-state index contributed by atoms with van der Waals surface area (Å²) in [5.41, 5.74) is 5.10. The molecule has 1 unspecified atom stereocenters. The van der Waals surface area contributed by atoms with Gasteiger partial charge in [0.1, 0.15) is 0 Å². The fourth-order valence-corrected chi connectivity index (χ4v) is 2.42. The van der Waals surface area contributed by atoms with E-state index in [1.54, 1.807) is 0 Å². The molecular weight excluding hydrogens is 222 g/mol. The second kappa shape index (κ2) is 5.36. The van der Waals surface area contributed by atoms with E-state index >= 15 is 0 Å². The van der Waals surface area contributed by atoms with E-state index in [1.807, 2.05) is 19.6 Å². The third-order valence-electron chi connectivity index (χ3n) is 3.14.